The summed E-state index contributed by atoms with van der Waals surface area (Å²) in [4.78, 5) is 14.7. The first-order valence-corrected chi connectivity index (χ1v) is 6.62. The molecular weight excluding hydrogens is 216 g/mol. The minimum absolute atomic E-state index is 0.153. The highest BCUT2D eigenvalue weighted by molar-refractivity contribution is 5.80. The molecule has 0 aromatic rings. The molecular formula is C13H24N2O2. The fourth-order valence-corrected chi connectivity index (χ4v) is 2.85. The molecule has 2 rings (SSSR count). The molecule has 17 heavy (non-hydrogen) atoms. The van der Waals surface area contributed by atoms with Gasteiger partial charge in [0.15, 0.2) is 0 Å². The van der Waals surface area contributed by atoms with Crippen molar-refractivity contribution < 1.29 is 9.53 Å². The van der Waals surface area contributed by atoms with Crippen LogP contribution < -0.4 is 5.32 Å². The van der Waals surface area contributed by atoms with E-state index in [1.165, 1.54) is 0 Å². The highest BCUT2D eigenvalue weighted by atomic mass is 16.5. The summed E-state index contributed by atoms with van der Waals surface area (Å²) in [5.41, 5.74) is -0.153. The van der Waals surface area contributed by atoms with E-state index in [1.54, 1.807) is 0 Å². The molecule has 4 nitrogen and oxygen atoms in total. The van der Waals surface area contributed by atoms with Crippen molar-refractivity contribution in [1.82, 2.24) is 10.2 Å². The zero-order valence-electron chi connectivity index (χ0n) is 11.2. The van der Waals surface area contributed by atoms with Gasteiger partial charge in [-0.1, -0.05) is 6.92 Å². The van der Waals surface area contributed by atoms with Gasteiger partial charge in [0, 0.05) is 12.5 Å². The van der Waals surface area contributed by atoms with Gasteiger partial charge < -0.3 is 15.0 Å². The molecule has 98 valence electrons. The van der Waals surface area contributed by atoms with Crippen LogP contribution >= 0.6 is 0 Å². The smallest absolute Gasteiger partial charge is 0.226 e. The van der Waals surface area contributed by atoms with Gasteiger partial charge in [0.2, 0.25) is 5.91 Å². The van der Waals surface area contributed by atoms with E-state index in [0.29, 0.717) is 25.0 Å². The Labute approximate surface area is 104 Å². The standard InChI is InChI=1S/C13H24N2O2/c1-10-8-14-5-4-11(10)12(16)15-6-7-17-9-13(15,2)3/h10-11,14H,4-9H2,1-3H3. The first kappa shape index (κ1) is 12.8. The maximum absolute atomic E-state index is 12.6. The van der Waals surface area contributed by atoms with Crippen molar-refractivity contribution in [1.29, 1.82) is 0 Å². The normalized spacial score (nSPS) is 33.5. The second-order valence-electron chi connectivity index (χ2n) is 5.93. The number of hydrogen-bond donors (Lipinski definition) is 1. The molecule has 0 spiro atoms. The SMILES string of the molecule is CC1CNCCC1C(=O)N1CCOCC1(C)C. The molecule has 2 unspecified atom stereocenters. The van der Waals surface area contributed by atoms with Crippen molar-refractivity contribution in [3.05, 3.63) is 0 Å². The Balaban J connectivity index is 2.07. The van der Waals surface area contributed by atoms with Crippen molar-refractivity contribution in [3.8, 4) is 0 Å². The first-order valence-electron chi connectivity index (χ1n) is 6.62. The van der Waals surface area contributed by atoms with E-state index < -0.39 is 0 Å². The quantitative estimate of drug-likeness (QED) is 0.739. The third kappa shape index (κ3) is 2.63. The van der Waals surface area contributed by atoms with Gasteiger partial charge in [0.05, 0.1) is 18.8 Å². The number of ether oxygens (including phenoxy) is 1. The minimum Gasteiger partial charge on any atom is -0.377 e. The van der Waals surface area contributed by atoms with Crippen LogP contribution in [0.2, 0.25) is 0 Å². The largest absolute Gasteiger partial charge is 0.377 e. The summed E-state index contributed by atoms with van der Waals surface area (Å²) in [6.07, 6.45) is 0.966. The Kier molecular flexibility index (Phi) is 3.73. The molecule has 2 fully saturated rings. The molecule has 0 aromatic carbocycles. The maximum Gasteiger partial charge on any atom is 0.226 e. The van der Waals surface area contributed by atoms with Crippen molar-refractivity contribution in [2.75, 3.05) is 32.8 Å². The zero-order valence-corrected chi connectivity index (χ0v) is 11.2. The molecule has 0 radical (unpaired) electrons. The molecule has 1 amide bonds. The van der Waals surface area contributed by atoms with Crippen LogP contribution in [0.1, 0.15) is 27.2 Å². The number of nitrogens with one attached hydrogen (secondary N) is 1. The fourth-order valence-electron chi connectivity index (χ4n) is 2.85. The third-order valence-corrected chi connectivity index (χ3v) is 4.01. The van der Waals surface area contributed by atoms with Crippen LogP contribution in [0.25, 0.3) is 0 Å². The predicted octanol–water partition coefficient (Wildman–Crippen LogP) is 0.869. The number of carbonyl (C=O) groups is 1. The van der Waals surface area contributed by atoms with Crippen molar-refractivity contribution in [2.24, 2.45) is 11.8 Å². The number of morpholine rings is 1. The molecule has 2 saturated heterocycles. The summed E-state index contributed by atoms with van der Waals surface area (Å²) in [6.45, 7) is 10.3. The second kappa shape index (κ2) is 4.94. The molecule has 0 saturated carbocycles. The van der Waals surface area contributed by atoms with Crippen LogP contribution in [0.4, 0.5) is 0 Å². The lowest BCUT2D eigenvalue weighted by atomic mass is 9.85. The van der Waals surface area contributed by atoms with E-state index in [0.717, 1.165) is 26.1 Å². The van der Waals surface area contributed by atoms with Gasteiger partial charge in [-0.05, 0) is 39.3 Å². The zero-order chi connectivity index (χ0) is 12.5. The predicted molar refractivity (Wildman–Crippen MR) is 66.8 cm³/mol. The van der Waals surface area contributed by atoms with Crippen molar-refractivity contribution in [3.63, 3.8) is 0 Å². The molecule has 1 N–H and O–H groups in total. The molecule has 2 aliphatic rings. The fraction of sp³-hybridized carbons (Fsp3) is 0.923. The van der Waals surface area contributed by atoms with E-state index in [1.807, 2.05) is 4.90 Å². The van der Waals surface area contributed by atoms with Gasteiger partial charge in [-0.25, -0.2) is 0 Å². The van der Waals surface area contributed by atoms with Gasteiger partial charge in [-0.15, -0.1) is 0 Å². The van der Waals surface area contributed by atoms with Crippen LogP contribution in [-0.2, 0) is 9.53 Å². The molecule has 4 heteroatoms. The van der Waals surface area contributed by atoms with Gasteiger partial charge in [-0.3, -0.25) is 4.79 Å². The monoisotopic (exact) mass is 240 g/mol. The number of rotatable bonds is 1. The second-order valence-corrected chi connectivity index (χ2v) is 5.93. The Bertz CT molecular complexity index is 291. The summed E-state index contributed by atoms with van der Waals surface area (Å²) in [7, 11) is 0. The number of piperidine rings is 1. The average Bonchev–Trinajstić information content (AvgIpc) is 2.28. The number of carbonyl (C=O) groups excluding carboxylic acids is 1. The lowest BCUT2D eigenvalue weighted by Gasteiger charge is -2.45. The number of hydrogen-bond acceptors (Lipinski definition) is 3. The van der Waals surface area contributed by atoms with E-state index in [9.17, 15) is 4.79 Å². The average molecular weight is 240 g/mol. The number of nitrogens with zero attached hydrogens (tertiary/aromatic N) is 1. The molecule has 2 heterocycles. The summed E-state index contributed by atoms with van der Waals surface area (Å²) in [6, 6.07) is 0. The summed E-state index contributed by atoms with van der Waals surface area (Å²) in [5, 5.41) is 3.35. The van der Waals surface area contributed by atoms with Crippen LogP contribution in [0.5, 0.6) is 0 Å². The summed E-state index contributed by atoms with van der Waals surface area (Å²) in [5.74, 6) is 0.954. The topological polar surface area (TPSA) is 41.6 Å². The van der Waals surface area contributed by atoms with Crippen molar-refractivity contribution >= 4 is 5.91 Å². The Morgan fingerprint density at radius 1 is 1.47 bits per heavy atom. The van der Waals surface area contributed by atoms with Gasteiger partial charge in [0.25, 0.3) is 0 Å². The van der Waals surface area contributed by atoms with E-state index in [2.05, 4.69) is 26.1 Å². The molecule has 2 aliphatic heterocycles. The van der Waals surface area contributed by atoms with Crippen molar-refractivity contribution in [2.45, 2.75) is 32.7 Å². The van der Waals surface area contributed by atoms with Gasteiger partial charge >= 0.3 is 0 Å². The Morgan fingerprint density at radius 2 is 2.24 bits per heavy atom. The lowest BCUT2D eigenvalue weighted by molar-refractivity contribution is -0.153. The van der Waals surface area contributed by atoms with Crippen LogP contribution in [0.3, 0.4) is 0 Å². The maximum atomic E-state index is 12.6. The summed E-state index contributed by atoms with van der Waals surface area (Å²) < 4.78 is 5.47. The molecule has 0 aliphatic carbocycles. The van der Waals surface area contributed by atoms with E-state index in [-0.39, 0.29) is 11.5 Å². The Morgan fingerprint density at radius 3 is 2.88 bits per heavy atom. The van der Waals surface area contributed by atoms with Gasteiger partial charge in [-0.2, -0.15) is 0 Å². The highest BCUT2D eigenvalue weighted by Gasteiger charge is 2.39. The third-order valence-electron chi connectivity index (χ3n) is 4.01. The van der Waals surface area contributed by atoms with Crippen LogP contribution in [0, 0.1) is 11.8 Å². The molecule has 0 aromatic heterocycles. The Hall–Kier alpha value is -0.610. The number of amides is 1. The summed E-state index contributed by atoms with van der Waals surface area (Å²) >= 11 is 0. The van der Waals surface area contributed by atoms with E-state index >= 15 is 0 Å². The van der Waals surface area contributed by atoms with E-state index in [4.69, 9.17) is 4.74 Å². The highest BCUT2D eigenvalue weighted by Crippen LogP contribution is 2.27. The van der Waals surface area contributed by atoms with Crippen LogP contribution in [-0.4, -0.2) is 49.2 Å². The van der Waals surface area contributed by atoms with Crippen LogP contribution in [0.15, 0.2) is 0 Å². The lowest BCUT2D eigenvalue weighted by Crippen LogP contribution is -2.58. The molecule has 0 bridgehead atoms. The minimum atomic E-state index is -0.153. The first-order chi connectivity index (χ1) is 8.02. The molecule has 2 atom stereocenters. The van der Waals surface area contributed by atoms with Gasteiger partial charge in [0.1, 0.15) is 0 Å².